The first kappa shape index (κ1) is 14.3. The summed E-state index contributed by atoms with van der Waals surface area (Å²) in [5.41, 5.74) is 0.725. The SMILES string of the molecule is CC(C)(C)OC(=O)c1cccc(C#CCCO)c1. The molecule has 1 aromatic carbocycles. The molecule has 0 aliphatic heterocycles. The fourth-order valence-corrected chi connectivity index (χ4v) is 1.28. The van der Waals surface area contributed by atoms with Gasteiger partial charge in [0.15, 0.2) is 0 Å². The van der Waals surface area contributed by atoms with Gasteiger partial charge in [0.25, 0.3) is 0 Å². The Hall–Kier alpha value is -1.79. The number of carbonyl (C=O) groups excluding carboxylic acids is 1. The number of hydrogen-bond acceptors (Lipinski definition) is 3. The molecule has 0 atom stereocenters. The first-order chi connectivity index (χ1) is 8.42. The Morgan fingerprint density at radius 1 is 1.39 bits per heavy atom. The summed E-state index contributed by atoms with van der Waals surface area (Å²) in [4.78, 5) is 11.8. The van der Waals surface area contributed by atoms with Crippen LogP contribution in [0.25, 0.3) is 0 Å². The highest BCUT2D eigenvalue weighted by molar-refractivity contribution is 5.90. The average Bonchev–Trinajstić information content (AvgIpc) is 2.27. The van der Waals surface area contributed by atoms with E-state index in [1.165, 1.54) is 0 Å². The predicted molar refractivity (Wildman–Crippen MR) is 70.2 cm³/mol. The van der Waals surface area contributed by atoms with Gasteiger partial charge in [-0.25, -0.2) is 4.79 Å². The van der Waals surface area contributed by atoms with E-state index in [-0.39, 0.29) is 12.6 Å². The van der Waals surface area contributed by atoms with Crippen molar-refractivity contribution in [3.63, 3.8) is 0 Å². The van der Waals surface area contributed by atoms with Crippen LogP contribution >= 0.6 is 0 Å². The van der Waals surface area contributed by atoms with Crippen molar-refractivity contribution in [2.24, 2.45) is 0 Å². The van der Waals surface area contributed by atoms with Crippen LogP contribution in [0.15, 0.2) is 24.3 Å². The molecule has 96 valence electrons. The van der Waals surface area contributed by atoms with Crippen LogP contribution in [-0.4, -0.2) is 23.3 Å². The van der Waals surface area contributed by atoms with Crippen molar-refractivity contribution in [3.8, 4) is 11.8 Å². The lowest BCUT2D eigenvalue weighted by Gasteiger charge is -2.19. The zero-order valence-corrected chi connectivity index (χ0v) is 11.0. The van der Waals surface area contributed by atoms with Gasteiger partial charge in [0, 0.05) is 12.0 Å². The summed E-state index contributed by atoms with van der Waals surface area (Å²) in [5.74, 6) is 5.35. The molecule has 0 heterocycles. The normalized spacial score (nSPS) is 10.4. The van der Waals surface area contributed by atoms with Crippen molar-refractivity contribution >= 4 is 5.97 Å². The number of aliphatic hydroxyl groups is 1. The molecular formula is C15H18O3. The van der Waals surface area contributed by atoms with Crippen molar-refractivity contribution in [1.82, 2.24) is 0 Å². The van der Waals surface area contributed by atoms with Gasteiger partial charge in [0.2, 0.25) is 0 Å². The molecule has 0 aromatic heterocycles. The number of carbonyl (C=O) groups is 1. The summed E-state index contributed by atoms with van der Waals surface area (Å²) < 4.78 is 5.28. The molecule has 0 amide bonds. The van der Waals surface area contributed by atoms with E-state index in [4.69, 9.17) is 9.84 Å². The monoisotopic (exact) mass is 246 g/mol. The third-order valence-corrected chi connectivity index (χ3v) is 1.97. The number of rotatable bonds is 2. The predicted octanol–water partition coefficient (Wildman–Crippen LogP) is 2.38. The summed E-state index contributed by atoms with van der Waals surface area (Å²) in [5, 5.41) is 8.64. The van der Waals surface area contributed by atoms with Crippen LogP contribution < -0.4 is 0 Å². The molecule has 1 N–H and O–H groups in total. The molecule has 0 fully saturated rings. The lowest BCUT2D eigenvalue weighted by Crippen LogP contribution is -2.23. The molecule has 3 heteroatoms. The maximum absolute atomic E-state index is 11.8. The zero-order chi connectivity index (χ0) is 13.6. The first-order valence-corrected chi connectivity index (χ1v) is 5.85. The summed E-state index contributed by atoms with van der Waals surface area (Å²) >= 11 is 0. The van der Waals surface area contributed by atoms with E-state index in [9.17, 15) is 4.79 Å². The van der Waals surface area contributed by atoms with Gasteiger partial charge in [-0.3, -0.25) is 0 Å². The number of ether oxygens (including phenoxy) is 1. The van der Waals surface area contributed by atoms with Crippen LogP contribution in [0.5, 0.6) is 0 Å². The molecule has 0 spiro atoms. The summed E-state index contributed by atoms with van der Waals surface area (Å²) in [6.45, 7) is 5.53. The number of aliphatic hydroxyl groups excluding tert-OH is 1. The van der Waals surface area contributed by atoms with Gasteiger partial charge < -0.3 is 9.84 Å². The Morgan fingerprint density at radius 2 is 2.11 bits per heavy atom. The van der Waals surface area contributed by atoms with Crippen LogP contribution in [0, 0.1) is 11.8 Å². The fraction of sp³-hybridized carbons (Fsp3) is 0.400. The van der Waals surface area contributed by atoms with Crippen molar-refractivity contribution in [2.75, 3.05) is 6.61 Å². The molecule has 3 nitrogen and oxygen atoms in total. The lowest BCUT2D eigenvalue weighted by atomic mass is 10.1. The largest absolute Gasteiger partial charge is 0.456 e. The maximum Gasteiger partial charge on any atom is 0.338 e. The average molecular weight is 246 g/mol. The molecule has 0 unspecified atom stereocenters. The topological polar surface area (TPSA) is 46.5 Å². The summed E-state index contributed by atoms with van der Waals surface area (Å²) in [6.07, 6.45) is 0.427. The van der Waals surface area contributed by atoms with E-state index < -0.39 is 5.60 Å². The van der Waals surface area contributed by atoms with Crippen molar-refractivity contribution < 1.29 is 14.6 Å². The van der Waals surface area contributed by atoms with Crippen molar-refractivity contribution in [1.29, 1.82) is 0 Å². The molecular weight excluding hydrogens is 228 g/mol. The molecule has 0 saturated carbocycles. The zero-order valence-electron chi connectivity index (χ0n) is 11.0. The minimum absolute atomic E-state index is 0.0404. The van der Waals surface area contributed by atoms with E-state index in [1.54, 1.807) is 18.2 Å². The Kier molecular flexibility index (Phi) is 4.94. The summed E-state index contributed by atoms with van der Waals surface area (Å²) in [7, 11) is 0. The van der Waals surface area contributed by atoms with Crippen LogP contribution in [0.3, 0.4) is 0 Å². The second kappa shape index (κ2) is 6.23. The summed E-state index contributed by atoms with van der Waals surface area (Å²) in [6, 6.07) is 6.98. The van der Waals surface area contributed by atoms with Crippen molar-refractivity contribution in [3.05, 3.63) is 35.4 Å². The van der Waals surface area contributed by atoms with Gasteiger partial charge in [0.05, 0.1) is 12.2 Å². The Labute approximate surface area is 108 Å². The molecule has 0 bridgehead atoms. The third-order valence-electron chi connectivity index (χ3n) is 1.97. The molecule has 0 radical (unpaired) electrons. The van der Waals surface area contributed by atoms with Crippen LogP contribution in [0.4, 0.5) is 0 Å². The second-order valence-electron chi connectivity index (χ2n) is 4.86. The van der Waals surface area contributed by atoms with Crippen LogP contribution in [0.2, 0.25) is 0 Å². The number of esters is 1. The number of hydrogen-bond donors (Lipinski definition) is 1. The molecule has 0 saturated heterocycles. The first-order valence-electron chi connectivity index (χ1n) is 5.85. The van der Waals surface area contributed by atoms with Gasteiger partial charge in [-0.15, -0.1) is 0 Å². The van der Waals surface area contributed by atoms with E-state index in [1.807, 2.05) is 26.8 Å². The van der Waals surface area contributed by atoms with Crippen LogP contribution in [-0.2, 0) is 4.74 Å². The Morgan fingerprint density at radius 3 is 2.72 bits per heavy atom. The smallest absolute Gasteiger partial charge is 0.338 e. The molecule has 0 aliphatic carbocycles. The Balaban J connectivity index is 2.83. The van der Waals surface area contributed by atoms with Gasteiger partial charge in [-0.1, -0.05) is 17.9 Å². The van der Waals surface area contributed by atoms with Gasteiger partial charge in [-0.2, -0.15) is 0 Å². The van der Waals surface area contributed by atoms with Gasteiger partial charge >= 0.3 is 5.97 Å². The highest BCUT2D eigenvalue weighted by Gasteiger charge is 2.17. The van der Waals surface area contributed by atoms with E-state index >= 15 is 0 Å². The van der Waals surface area contributed by atoms with E-state index in [0.29, 0.717) is 12.0 Å². The fourth-order valence-electron chi connectivity index (χ4n) is 1.28. The second-order valence-corrected chi connectivity index (χ2v) is 4.86. The van der Waals surface area contributed by atoms with E-state index in [2.05, 4.69) is 11.8 Å². The standard InChI is InChI=1S/C15H18O3/c1-15(2,3)18-14(17)13-9-6-8-12(11-13)7-4-5-10-16/h6,8-9,11,16H,5,10H2,1-3H3. The minimum atomic E-state index is -0.504. The number of benzene rings is 1. The molecule has 0 aliphatic rings. The highest BCUT2D eigenvalue weighted by Crippen LogP contribution is 2.13. The third kappa shape index (κ3) is 5.03. The van der Waals surface area contributed by atoms with Gasteiger partial charge in [0.1, 0.15) is 5.60 Å². The van der Waals surface area contributed by atoms with Crippen LogP contribution in [0.1, 0.15) is 43.1 Å². The maximum atomic E-state index is 11.8. The van der Waals surface area contributed by atoms with Gasteiger partial charge in [-0.05, 0) is 39.0 Å². The lowest BCUT2D eigenvalue weighted by molar-refractivity contribution is 0.00695. The highest BCUT2D eigenvalue weighted by atomic mass is 16.6. The quantitative estimate of drug-likeness (QED) is 0.643. The van der Waals surface area contributed by atoms with Crippen molar-refractivity contribution in [2.45, 2.75) is 32.8 Å². The molecule has 1 rings (SSSR count). The Bertz CT molecular complexity index is 472. The van der Waals surface area contributed by atoms with E-state index in [0.717, 1.165) is 5.56 Å². The molecule has 1 aromatic rings. The molecule has 18 heavy (non-hydrogen) atoms. The minimum Gasteiger partial charge on any atom is -0.456 e.